The maximum absolute atomic E-state index is 13.7. The first-order chi connectivity index (χ1) is 13.6. The van der Waals surface area contributed by atoms with E-state index in [4.69, 9.17) is 5.11 Å². The minimum Gasteiger partial charge on any atom is -0.465 e. The largest absolute Gasteiger partial charge is 0.465 e. The summed E-state index contributed by atoms with van der Waals surface area (Å²) in [6.45, 7) is 3.49. The number of halogens is 4. The quantitative estimate of drug-likeness (QED) is 0.549. The van der Waals surface area contributed by atoms with Crippen LogP contribution in [0, 0.1) is 10.5 Å². The van der Waals surface area contributed by atoms with Crippen LogP contribution in [0.4, 0.5) is 29.3 Å². The van der Waals surface area contributed by atoms with E-state index < -0.39 is 17.8 Å². The Hall–Kier alpha value is -2.01. The van der Waals surface area contributed by atoms with Crippen LogP contribution in [0.5, 0.6) is 0 Å². The number of nitrogens with one attached hydrogen (secondary N) is 1. The lowest BCUT2D eigenvalue weighted by Gasteiger charge is -2.33. The molecule has 0 unspecified atom stereocenters. The third-order valence-electron chi connectivity index (χ3n) is 4.86. The molecule has 2 aromatic carbocycles. The molecule has 5 nitrogen and oxygen atoms in total. The predicted octanol–water partition coefficient (Wildman–Crippen LogP) is 5.16. The topological polar surface area (TPSA) is 55.8 Å². The molecule has 1 aliphatic heterocycles. The van der Waals surface area contributed by atoms with Crippen LogP contribution >= 0.6 is 22.6 Å². The van der Waals surface area contributed by atoms with Gasteiger partial charge >= 0.3 is 12.3 Å². The van der Waals surface area contributed by atoms with Gasteiger partial charge in [0, 0.05) is 42.0 Å². The van der Waals surface area contributed by atoms with E-state index in [0.717, 1.165) is 20.9 Å². The van der Waals surface area contributed by atoms with Gasteiger partial charge in [-0.15, -0.1) is 0 Å². The smallest absolute Gasteiger partial charge is 0.416 e. The summed E-state index contributed by atoms with van der Waals surface area (Å²) >= 11 is 2.15. The number of anilines is 2. The number of benzene rings is 2. The number of rotatable bonds is 4. The van der Waals surface area contributed by atoms with Crippen LogP contribution in [0.1, 0.15) is 16.7 Å². The molecular formula is C20H21F3IN3O2. The average Bonchev–Trinajstić information content (AvgIpc) is 2.65. The Morgan fingerprint density at radius 1 is 1.14 bits per heavy atom. The molecule has 3 rings (SSSR count). The molecule has 1 amide bonds. The molecule has 0 radical (unpaired) electrons. The second kappa shape index (κ2) is 8.78. The lowest BCUT2D eigenvalue weighted by atomic mass is 10.0. The fourth-order valence-electron chi connectivity index (χ4n) is 3.27. The fourth-order valence-corrected chi connectivity index (χ4v) is 4.08. The van der Waals surface area contributed by atoms with Crippen molar-refractivity contribution < 1.29 is 23.1 Å². The van der Waals surface area contributed by atoms with Gasteiger partial charge in [0.2, 0.25) is 0 Å². The first-order valence-electron chi connectivity index (χ1n) is 9.07. The van der Waals surface area contributed by atoms with Gasteiger partial charge < -0.3 is 15.3 Å². The summed E-state index contributed by atoms with van der Waals surface area (Å²) in [6.07, 6.45) is -5.47. The molecular weight excluding hydrogens is 498 g/mol. The summed E-state index contributed by atoms with van der Waals surface area (Å²) in [5.41, 5.74) is 1.71. The molecule has 1 fully saturated rings. The second-order valence-corrected chi connectivity index (χ2v) is 8.19. The van der Waals surface area contributed by atoms with E-state index in [9.17, 15) is 18.0 Å². The van der Waals surface area contributed by atoms with E-state index in [1.165, 1.54) is 11.0 Å². The molecule has 1 saturated heterocycles. The van der Waals surface area contributed by atoms with Gasteiger partial charge in [-0.05, 0) is 64.9 Å². The number of hydrogen-bond donors (Lipinski definition) is 2. The Morgan fingerprint density at radius 3 is 2.41 bits per heavy atom. The summed E-state index contributed by atoms with van der Waals surface area (Å²) < 4.78 is 42.0. The SMILES string of the molecule is Cc1ccc(Nc2ccc(CN3CCN(C(=O)O)CC3)c(C(F)(F)F)c2)c(I)c1. The first kappa shape index (κ1) is 21.7. The second-order valence-electron chi connectivity index (χ2n) is 7.02. The molecule has 9 heteroatoms. The van der Waals surface area contributed by atoms with Crippen molar-refractivity contribution in [2.24, 2.45) is 0 Å². The van der Waals surface area contributed by atoms with Gasteiger partial charge in [-0.1, -0.05) is 12.1 Å². The number of carboxylic acid groups (broad SMARTS) is 1. The molecule has 0 aromatic heterocycles. The van der Waals surface area contributed by atoms with Crippen LogP contribution in [0.15, 0.2) is 36.4 Å². The van der Waals surface area contributed by atoms with E-state index in [1.807, 2.05) is 30.0 Å². The summed E-state index contributed by atoms with van der Waals surface area (Å²) in [4.78, 5) is 14.1. The molecule has 156 valence electrons. The van der Waals surface area contributed by atoms with Crippen molar-refractivity contribution in [2.45, 2.75) is 19.6 Å². The van der Waals surface area contributed by atoms with Crippen LogP contribution in [0.2, 0.25) is 0 Å². The number of aryl methyl sites for hydroxylation is 1. The van der Waals surface area contributed by atoms with Crippen molar-refractivity contribution in [3.8, 4) is 0 Å². The highest BCUT2D eigenvalue weighted by atomic mass is 127. The van der Waals surface area contributed by atoms with Gasteiger partial charge in [-0.2, -0.15) is 13.2 Å². The molecule has 0 bridgehead atoms. The zero-order valence-electron chi connectivity index (χ0n) is 15.8. The Labute approximate surface area is 180 Å². The Balaban J connectivity index is 1.79. The molecule has 2 aromatic rings. The minimum absolute atomic E-state index is 0.130. The molecule has 1 aliphatic rings. The highest BCUT2D eigenvalue weighted by Crippen LogP contribution is 2.35. The molecule has 0 aliphatic carbocycles. The standard InChI is InChI=1S/C20H21F3IN3O2/c1-13-2-5-18(17(24)10-13)25-15-4-3-14(16(11-15)20(21,22)23)12-26-6-8-27(9-7-26)19(28)29/h2-5,10-11,25H,6-9,12H2,1H3,(H,28,29). The normalized spacial score (nSPS) is 15.4. The van der Waals surface area contributed by atoms with Crippen molar-refractivity contribution in [2.75, 3.05) is 31.5 Å². The third-order valence-corrected chi connectivity index (χ3v) is 5.75. The minimum atomic E-state index is -4.48. The van der Waals surface area contributed by atoms with Crippen LogP contribution in [-0.2, 0) is 12.7 Å². The van der Waals surface area contributed by atoms with Gasteiger partial charge in [0.05, 0.1) is 11.3 Å². The van der Waals surface area contributed by atoms with E-state index in [-0.39, 0.29) is 12.1 Å². The van der Waals surface area contributed by atoms with Crippen molar-refractivity contribution >= 4 is 40.1 Å². The van der Waals surface area contributed by atoms with Crippen molar-refractivity contribution in [3.05, 3.63) is 56.7 Å². The summed E-state index contributed by atoms with van der Waals surface area (Å²) in [5, 5.41) is 12.1. The Bertz CT molecular complexity index is 897. The molecule has 1 heterocycles. The molecule has 0 saturated carbocycles. The van der Waals surface area contributed by atoms with E-state index in [2.05, 4.69) is 27.9 Å². The van der Waals surface area contributed by atoms with Crippen molar-refractivity contribution in [3.63, 3.8) is 0 Å². The zero-order chi connectivity index (χ0) is 21.2. The van der Waals surface area contributed by atoms with E-state index in [0.29, 0.717) is 31.9 Å². The first-order valence-corrected chi connectivity index (χ1v) is 10.1. The fraction of sp³-hybridized carbons (Fsp3) is 0.350. The third kappa shape index (κ3) is 5.53. The molecule has 2 N–H and O–H groups in total. The van der Waals surface area contributed by atoms with Crippen LogP contribution in [0.3, 0.4) is 0 Å². The number of carbonyl (C=O) groups is 1. The highest BCUT2D eigenvalue weighted by molar-refractivity contribution is 14.1. The van der Waals surface area contributed by atoms with Crippen molar-refractivity contribution in [1.82, 2.24) is 9.80 Å². The molecule has 0 spiro atoms. The number of piperazine rings is 1. The maximum atomic E-state index is 13.7. The van der Waals surface area contributed by atoms with Gasteiger partial charge in [-0.25, -0.2) is 4.79 Å². The summed E-state index contributed by atoms with van der Waals surface area (Å²) in [5.74, 6) is 0. The van der Waals surface area contributed by atoms with Crippen LogP contribution < -0.4 is 5.32 Å². The predicted molar refractivity (Wildman–Crippen MR) is 113 cm³/mol. The molecule has 29 heavy (non-hydrogen) atoms. The van der Waals surface area contributed by atoms with Gasteiger partial charge in [-0.3, -0.25) is 4.90 Å². The zero-order valence-corrected chi connectivity index (χ0v) is 17.9. The van der Waals surface area contributed by atoms with Gasteiger partial charge in [0.1, 0.15) is 0 Å². The maximum Gasteiger partial charge on any atom is 0.416 e. The van der Waals surface area contributed by atoms with Crippen molar-refractivity contribution in [1.29, 1.82) is 0 Å². The number of hydrogen-bond acceptors (Lipinski definition) is 3. The Morgan fingerprint density at radius 2 is 1.83 bits per heavy atom. The number of amides is 1. The lowest BCUT2D eigenvalue weighted by molar-refractivity contribution is -0.138. The van der Waals surface area contributed by atoms with E-state index >= 15 is 0 Å². The average molecular weight is 519 g/mol. The summed E-state index contributed by atoms with van der Waals surface area (Å²) in [6, 6.07) is 9.99. The highest BCUT2D eigenvalue weighted by Gasteiger charge is 2.34. The monoisotopic (exact) mass is 519 g/mol. The van der Waals surface area contributed by atoms with Gasteiger partial charge in [0.15, 0.2) is 0 Å². The van der Waals surface area contributed by atoms with E-state index in [1.54, 1.807) is 6.07 Å². The number of nitrogens with zero attached hydrogens (tertiary/aromatic N) is 2. The van der Waals surface area contributed by atoms with Crippen LogP contribution in [-0.4, -0.2) is 47.2 Å². The number of alkyl halides is 3. The Kier molecular flexibility index (Phi) is 6.57. The molecule has 0 atom stereocenters. The van der Waals surface area contributed by atoms with Gasteiger partial charge in [0.25, 0.3) is 0 Å². The summed E-state index contributed by atoms with van der Waals surface area (Å²) in [7, 11) is 0. The van der Waals surface area contributed by atoms with Crippen LogP contribution in [0.25, 0.3) is 0 Å². The lowest BCUT2D eigenvalue weighted by Crippen LogP contribution is -2.47.